The molecule has 0 atom stereocenters. The SMILES string of the molecule is CC.CC.CN1CCC2(CC1)CCN(C)CC2. The third kappa shape index (κ3) is 5.39. The Labute approximate surface area is 109 Å². The van der Waals surface area contributed by atoms with Crippen LogP contribution in [0.1, 0.15) is 53.4 Å². The predicted octanol–water partition coefficient (Wildman–Crippen LogP) is 3.48. The first-order valence-electron chi connectivity index (χ1n) is 7.57. The molecule has 2 aliphatic heterocycles. The first-order chi connectivity index (χ1) is 8.20. The normalized spacial score (nSPS) is 24.4. The molecule has 1 spiro atoms. The molecule has 0 aliphatic carbocycles. The molecule has 0 aromatic rings. The van der Waals surface area contributed by atoms with Gasteiger partial charge in [0.05, 0.1) is 0 Å². The standard InChI is InChI=1S/C11H22N2.2C2H6/c1-12-7-3-11(4-8-12)5-9-13(2)10-6-11;2*1-2/h3-10H2,1-2H3;2*1-2H3. The number of hydrogen-bond acceptors (Lipinski definition) is 2. The zero-order chi connectivity index (χ0) is 13.3. The lowest BCUT2D eigenvalue weighted by molar-refractivity contribution is 0.0519. The van der Waals surface area contributed by atoms with Crippen molar-refractivity contribution in [1.29, 1.82) is 0 Å². The van der Waals surface area contributed by atoms with Gasteiger partial charge in [0.1, 0.15) is 0 Å². The molecule has 0 aromatic heterocycles. The fourth-order valence-electron chi connectivity index (χ4n) is 2.69. The Balaban J connectivity index is 0.000000581. The minimum Gasteiger partial charge on any atom is -0.306 e. The van der Waals surface area contributed by atoms with Crippen LogP contribution in [0.15, 0.2) is 0 Å². The Bertz CT molecular complexity index is 140. The zero-order valence-corrected chi connectivity index (χ0v) is 13.1. The van der Waals surface area contributed by atoms with Crippen molar-refractivity contribution in [3.63, 3.8) is 0 Å². The Morgan fingerprint density at radius 1 is 0.588 bits per heavy atom. The summed E-state index contributed by atoms with van der Waals surface area (Å²) in [4.78, 5) is 4.95. The molecule has 0 unspecified atom stereocenters. The van der Waals surface area contributed by atoms with Crippen LogP contribution in [0.4, 0.5) is 0 Å². The second-order valence-electron chi connectivity index (χ2n) is 5.11. The molecular formula is C15H34N2. The molecule has 2 aliphatic rings. The summed E-state index contributed by atoms with van der Waals surface area (Å²) in [5.41, 5.74) is 0.735. The van der Waals surface area contributed by atoms with E-state index >= 15 is 0 Å². The molecule has 0 bridgehead atoms. The van der Waals surface area contributed by atoms with E-state index in [4.69, 9.17) is 0 Å². The highest BCUT2D eigenvalue weighted by molar-refractivity contribution is 4.89. The number of rotatable bonds is 0. The molecule has 0 saturated carbocycles. The van der Waals surface area contributed by atoms with E-state index in [1.165, 1.54) is 51.9 Å². The molecule has 0 N–H and O–H groups in total. The molecule has 2 rings (SSSR count). The quantitative estimate of drug-likeness (QED) is 0.642. The van der Waals surface area contributed by atoms with Crippen LogP contribution >= 0.6 is 0 Å². The van der Waals surface area contributed by atoms with E-state index < -0.39 is 0 Å². The highest BCUT2D eigenvalue weighted by Crippen LogP contribution is 2.40. The number of piperidine rings is 2. The van der Waals surface area contributed by atoms with Crippen molar-refractivity contribution >= 4 is 0 Å². The molecule has 0 radical (unpaired) electrons. The molecular weight excluding hydrogens is 208 g/mol. The van der Waals surface area contributed by atoms with Crippen molar-refractivity contribution in [2.24, 2.45) is 5.41 Å². The van der Waals surface area contributed by atoms with Gasteiger partial charge in [-0.25, -0.2) is 0 Å². The maximum absolute atomic E-state index is 2.48. The molecule has 17 heavy (non-hydrogen) atoms. The summed E-state index contributed by atoms with van der Waals surface area (Å²) in [5, 5.41) is 0. The van der Waals surface area contributed by atoms with Gasteiger partial charge in [0, 0.05) is 0 Å². The Kier molecular flexibility index (Phi) is 8.89. The first kappa shape index (κ1) is 16.9. The van der Waals surface area contributed by atoms with Gasteiger partial charge in [0.2, 0.25) is 0 Å². The number of likely N-dealkylation sites (tertiary alicyclic amines) is 2. The highest BCUT2D eigenvalue weighted by atomic mass is 15.1. The highest BCUT2D eigenvalue weighted by Gasteiger charge is 2.35. The van der Waals surface area contributed by atoms with Crippen molar-refractivity contribution in [3.8, 4) is 0 Å². The lowest BCUT2D eigenvalue weighted by Gasteiger charge is -2.45. The van der Waals surface area contributed by atoms with Crippen LogP contribution in [0, 0.1) is 5.41 Å². The average Bonchev–Trinajstić information content (AvgIpc) is 2.42. The minimum atomic E-state index is 0.735. The van der Waals surface area contributed by atoms with Crippen molar-refractivity contribution in [2.45, 2.75) is 53.4 Å². The van der Waals surface area contributed by atoms with Crippen LogP contribution in [0.25, 0.3) is 0 Å². The van der Waals surface area contributed by atoms with Gasteiger partial charge >= 0.3 is 0 Å². The summed E-state index contributed by atoms with van der Waals surface area (Å²) in [7, 11) is 4.50. The van der Waals surface area contributed by atoms with E-state index in [1.807, 2.05) is 27.7 Å². The van der Waals surface area contributed by atoms with Crippen LogP contribution in [-0.4, -0.2) is 50.1 Å². The van der Waals surface area contributed by atoms with Gasteiger partial charge in [-0.1, -0.05) is 27.7 Å². The summed E-state index contributed by atoms with van der Waals surface area (Å²) in [6.45, 7) is 13.3. The lowest BCUT2D eigenvalue weighted by atomic mass is 9.71. The molecule has 2 heterocycles. The average molecular weight is 242 g/mol. The van der Waals surface area contributed by atoms with Crippen molar-refractivity contribution in [2.75, 3.05) is 40.3 Å². The van der Waals surface area contributed by atoms with Gasteiger partial charge < -0.3 is 9.80 Å². The molecule has 104 valence electrons. The van der Waals surface area contributed by atoms with Crippen molar-refractivity contribution < 1.29 is 0 Å². The zero-order valence-electron chi connectivity index (χ0n) is 13.1. The van der Waals surface area contributed by atoms with E-state index in [2.05, 4.69) is 23.9 Å². The summed E-state index contributed by atoms with van der Waals surface area (Å²) >= 11 is 0. The van der Waals surface area contributed by atoms with Gasteiger partial charge in [0.15, 0.2) is 0 Å². The number of nitrogens with zero attached hydrogens (tertiary/aromatic N) is 2. The summed E-state index contributed by atoms with van der Waals surface area (Å²) in [5.74, 6) is 0. The minimum absolute atomic E-state index is 0.735. The van der Waals surface area contributed by atoms with E-state index in [1.54, 1.807) is 0 Å². The molecule has 0 aromatic carbocycles. The van der Waals surface area contributed by atoms with Crippen molar-refractivity contribution in [3.05, 3.63) is 0 Å². The van der Waals surface area contributed by atoms with Gasteiger partial charge in [-0.15, -0.1) is 0 Å². The van der Waals surface area contributed by atoms with Gasteiger partial charge in [-0.3, -0.25) is 0 Å². The third-order valence-electron chi connectivity index (χ3n) is 4.10. The second-order valence-corrected chi connectivity index (χ2v) is 5.11. The third-order valence-corrected chi connectivity index (χ3v) is 4.10. The monoisotopic (exact) mass is 242 g/mol. The van der Waals surface area contributed by atoms with E-state index in [-0.39, 0.29) is 0 Å². The van der Waals surface area contributed by atoms with Crippen LogP contribution in [0.5, 0.6) is 0 Å². The van der Waals surface area contributed by atoms with E-state index in [9.17, 15) is 0 Å². The summed E-state index contributed by atoms with van der Waals surface area (Å²) < 4.78 is 0. The largest absolute Gasteiger partial charge is 0.306 e. The lowest BCUT2D eigenvalue weighted by Crippen LogP contribution is -2.44. The van der Waals surface area contributed by atoms with Crippen LogP contribution < -0.4 is 0 Å². The van der Waals surface area contributed by atoms with Crippen LogP contribution in [0.3, 0.4) is 0 Å². The molecule has 2 nitrogen and oxygen atoms in total. The topological polar surface area (TPSA) is 6.48 Å². The second kappa shape index (κ2) is 8.93. The van der Waals surface area contributed by atoms with Gasteiger partial charge in [-0.05, 0) is 71.4 Å². The molecule has 2 heteroatoms. The van der Waals surface area contributed by atoms with E-state index in [0.717, 1.165) is 5.41 Å². The molecule has 0 amide bonds. The van der Waals surface area contributed by atoms with Gasteiger partial charge in [-0.2, -0.15) is 0 Å². The first-order valence-corrected chi connectivity index (χ1v) is 7.57. The summed E-state index contributed by atoms with van der Waals surface area (Å²) in [6.07, 6.45) is 5.77. The van der Waals surface area contributed by atoms with Gasteiger partial charge in [0.25, 0.3) is 0 Å². The maximum atomic E-state index is 2.48. The predicted molar refractivity (Wildman–Crippen MR) is 78.6 cm³/mol. The Hall–Kier alpha value is -0.0800. The van der Waals surface area contributed by atoms with Crippen molar-refractivity contribution in [1.82, 2.24) is 9.80 Å². The molecule has 2 fully saturated rings. The smallest absolute Gasteiger partial charge is 0.00165 e. The molecule has 2 saturated heterocycles. The fraction of sp³-hybridized carbons (Fsp3) is 1.00. The van der Waals surface area contributed by atoms with Crippen LogP contribution in [-0.2, 0) is 0 Å². The van der Waals surface area contributed by atoms with Crippen LogP contribution in [0.2, 0.25) is 0 Å². The number of hydrogen-bond donors (Lipinski definition) is 0. The maximum Gasteiger partial charge on any atom is -0.00165 e. The summed E-state index contributed by atoms with van der Waals surface area (Å²) in [6, 6.07) is 0. The fourth-order valence-corrected chi connectivity index (χ4v) is 2.69. The van der Waals surface area contributed by atoms with E-state index in [0.29, 0.717) is 0 Å². The Morgan fingerprint density at radius 3 is 1.06 bits per heavy atom. The Morgan fingerprint density at radius 2 is 0.824 bits per heavy atom.